The van der Waals surface area contributed by atoms with Crippen molar-refractivity contribution in [1.29, 1.82) is 0 Å². The summed E-state index contributed by atoms with van der Waals surface area (Å²) in [6, 6.07) is 0. The van der Waals surface area contributed by atoms with Crippen molar-refractivity contribution in [3.8, 4) is 0 Å². The molecule has 2 unspecified atom stereocenters. The minimum absolute atomic E-state index is 0.0212. The maximum absolute atomic E-state index is 11.1. The highest BCUT2D eigenvalue weighted by Crippen LogP contribution is 2.40. The predicted octanol–water partition coefficient (Wildman–Crippen LogP) is 1.38. The van der Waals surface area contributed by atoms with Crippen LogP contribution in [0.4, 0.5) is 0 Å². The molecule has 1 heterocycles. The van der Waals surface area contributed by atoms with E-state index in [2.05, 4.69) is 0 Å². The van der Waals surface area contributed by atoms with E-state index in [-0.39, 0.29) is 18.0 Å². The molecule has 21 heavy (non-hydrogen) atoms. The molecule has 1 aliphatic heterocycles. The van der Waals surface area contributed by atoms with Crippen LogP contribution in [-0.2, 0) is 23.8 Å². The van der Waals surface area contributed by atoms with E-state index in [4.69, 9.17) is 14.2 Å². The molecule has 6 nitrogen and oxygen atoms in total. The van der Waals surface area contributed by atoms with Gasteiger partial charge in [0.1, 0.15) is 23.4 Å². The summed E-state index contributed by atoms with van der Waals surface area (Å²) in [6.45, 7) is 4.80. The van der Waals surface area contributed by atoms with Gasteiger partial charge < -0.3 is 24.1 Å². The molecule has 1 fully saturated rings. The summed E-state index contributed by atoms with van der Waals surface area (Å²) in [5.74, 6) is -1.02. The molecule has 0 bridgehead atoms. The van der Waals surface area contributed by atoms with E-state index in [9.17, 15) is 14.7 Å². The average molecular weight is 300 g/mol. The Morgan fingerprint density at radius 3 is 2.57 bits per heavy atom. The number of hydrogen-bond acceptors (Lipinski definition) is 6. The van der Waals surface area contributed by atoms with Crippen LogP contribution in [0.25, 0.3) is 0 Å². The molecule has 0 amide bonds. The molecule has 1 aliphatic rings. The fraction of sp³-hybridized carbons (Fsp3) is 0.800. The fourth-order valence-electron chi connectivity index (χ4n) is 2.45. The minimum atomic E-state index is -1.84. The topological polar surface area (TPSA) is 82.1 Å². The molecule has 0 aromatic heterocycles. The molecule has 0 aliphatic carbocycles. The van der Waals surface area contributed by atoms with Gasteiger partial charge in [0.25, 0.3) is 0 Å². The van der Waals surface area contributed by atoms with Crippen molar-refractivity contribution in [2.24, 2.45) is 0 Å². The summed E-state index contributed by atoms with van der Waals surface area (Å²) >= 11 is 0. The SMILES string of the molecule is COCC(=C=O)C1(O)OC(C)(C)OC1CCCCC(C)=O. The number of ketones is 1. The van der Waals surface area contributed by atoms with Gasteiger partial charge in [-0.15, -0.1) is 0 Å². The third-order valence-electron chi connectivity index (χ3n) is 3.35. The van der Waals surface area contributed by atoms with Crippen molar-refractivity contribution in [2.75, 3.05) is 13.7 Å². The van der Waals surface area contributed by atoms with Crippen LogP contribution in [0.15, 0.2) is 5.57 Å². The first-order valence-corrected chi connectivity index (χ1v) is 7.08. The lowest BCUT2D eigenvalue weighted by Gasteiger charge is -2.27. The van der Waals surface area contributed by atoms with Crippen LogP contribution in [-0.4, -0.2) is 48.2 Å². The first-order valence-electron chi connectivity index (χ1n) is 7.08. The van der Waals surface area contributed by atoms with Gasteiger partial charge in [0.05, 0.1) is 6.61 Å². The third kappa shape index (κ3) is 4.73. The highest BCUT2D eigenvalue weighted by atomic mass is 16.8. The highest BCUT2D eigenvalue weighted by Gasteiger charge is 2.54. The zero-order valence-corrected chi connectivity index (χ0v) is 13.1. The van der Waals surface area contributed by atoms with Gasteiger partial charge in [0.15, 0.2) is 5.79 Å². The predicted molar refractivity (Wildman–Crippen MR) is 75.2 cm³/mol. The van der Waals surface area contributed by atoms with Gasteiger partial charge >= 0.3 is 0 Å². The van der Waals surface area contributed by atoms with E-state index >= 15 is 0 Å². The molecule has 1 saturated heterocycles. The number of methoxy groups -OCH3 is 1. The molecular formula is C15H24O6. The second kappa shape index (κ2) is 7.29. The van der Waals surface area contributed by atoms with Crippen molar-refractivity contribution < 1.29 is 28.9 Å². The largest absolute Gasteiger partial charge is 0.379 e. The van der Waals surface area contributed by atoms with Crippen LogP contribution in [0.2, 0.25) is 0 Å². The Balaban J connectivity index is 2.78. The maximum atomic E-state index is 11.1. The van der Waals surface area contributed by atoms with Gasteiger partial charge in [-0.2, -0.15) is 0 Å². The number of Topliss-reactive ketones (excluding diaryl/α,β-unsaturated/α-hetero) is 1. The molecule has 2 atom stereocenters. The fourth-order valence-corrected chi connectivity index (χ4v) is 2.45. The summed E-state index contributed by atoms with van der Waals surface area (Å²) in [6.07, 6.45) is 1.67. The van der Waals surface area contributed by atoms with Crippen LogP contribution in [0.3, 0.4) is 0 Å². The van der Waals surface area contributed by atoms with Crippen molar-refractivity contribution >= 4 is 11.7 Å². The summed E-state index contributed by atoms with van der Waals surface area (Å²) in [5.41, 5.74) is -0.0212. The first kappa shape index (κ1) is 18.0. The maximum Gasteiger partial charge on any atom is 0.231 e. The number of hydrogen-bond donors (Lipinski definition) is 1. The first-order chi connectivity index (χ1) is 9.75. The molecule has 1 N–H and O–H groups in total. The van der Waals surface area contributed by atoms with Gasteiger partial charge in [0, 0.05) is 13.5 Å². The van der Waals surface area contributed by atoms with E-state index in [1.807, 2.05) is 0 Å². The Morgan fingerprint density at radius 1 is 1.38 bits per heavy atom. The van der Waals surface area contributed by atoms with Crippen molar-refractivity contribution in [3.05, 3.63) is 5.57 Å². The second-order valence-electron chi connectivity index (χ2n) is 5.77. The van der Waals surface area contributed by atoms with E-state index < -0.39 is 17.7 Å². The van der Waals surface area contributed by atoms with Crippen LogP contribution in [0, 0.1) is 0 Å². The number of carbonyl (C=O) groups is 1. The molecule has 0 spiro atoms. The third-order valence-corrected chi connectivity index (χ3v) is 3.35. The number of rotatable bonds is 8. The normalized spacial score (nSPS) is 27.4. The van der Waals surface area contributed by atoms with Crippen molar-refractivity contribution in [1.82, 2.24) is 0 Å². The summed E-state index contributed by atoms with van der Waals surface area (Å²) in [4.78, 5) is 22.0. The molecular weight excluding hydrogens is 276 g/mol. The van der Waals surface area contributed by atoms with Crippen LogP contribution >= 0.6 is 0 Å². The Bertz CT molecular complexity index is 424. The number of aliphatic hydroxyl groups is 1. The Hall–Kier alpha value is -1.04. The van der Waals surface area contributed by atoms with E-state index in [1.165, 1.54) is 7.11 Å². The zero-order chi connectivity index (χ0) is 16.1. The number of ether oxygens (including phenoxy) is 3. The van der Waals surface area contributed by atoms with E-state index in [0.717, 1.165) is 0 Å². The Kier molecular flexibility index (Phi) is 6.25. The van der Waals surface area contributed by atoms with Crippen LogP contribution in [0.1, 0.15) is 46.5 Å². The number of carbonyl (C=O) groups excluding carboxylic acids is 2. The van der Waals surface area contributed by atoms with E-state index in [0.29, 0.717) is 25.7 Å². The lowest BCUT2D eigenvalue weighted by Crippen LogP contribution is -2.44. The zero-order valence-electron chi connectivity index (χ0n) is 13.1. The van der Waals surface area contributed by atoms with Crippen LogP contribution < -0.4 is 0 Å². The molecule has 0 aromatic rings. The van der Waals surface area contributed by atoms with Gasteiger partial charge in [0.2, 0.25) is 5.79 Å². The van der Waals surface area contributed by atoms with Crippen molar-refractivity contribution in [3.63, 3.8) is 0 Å². The quantitative estimate of drug-likeness (QED) is 0.539. The lowest BCUT2D eigenvalue weighted by molar-refractivity contribution is -0.214. The molecule has 120 valence electrons. The summed E-state index contributed by atoms with van der Waals surface area (Å²) < 4.78 is 16.1. The average Bonchev–Trinajstić information content (AvgIpc) is 2.61. The monoisotopic (exact) mass is 300 g/mol. The molecule has 0 aromatic carbocycles. The second-order valence-corrected chi connectivity index (χ2v) is 5.77. The summed E-state index contributed by atoms with van der Waals surface area (Å²) in [7, 11) is 1.42. The lowest BCUT2D eigenvalue weighted by atomic mass is 9.97. The molecule has 6 heteroatoms. The standard InChI is InChI=1S/C15H24O6/c1-11(17)7-5-6-8-13-15(18,12(9-16)10-19-4)21-14(2,3)20-13/h13,18H,5-8,10H2,1-4H3. The molecule has 0 saturated carbocycles. The summed E-state index contributed by atoms with van der Waals surface area (Å²) in [5, 5.41) is 10.7. The smallest absolute Gasteiger partial charge is 0.231 e. The Labute approximate surface area is 125 Å². The van der Waals surface area contributed by atoms with Gasteiger partial charge in [-0.25, -0.2) is 4.79 Å². The van der Waals surface area contributed by atoms with Crippen LogP contribution in [0.5, 0.6) is 0 Å². The van der Waals surface area contributed by atoms with Gasteiger partial charge in [-0.05, 0) is 33.6 Å². The van der Waals surface area contributed by atoms with Gasteiger partial charge in [-0.1, -0.05) is 6.42 Å². The molecule has 0 radical (unpaired) electrons. The highest BCUT2D eigenvalue weighted by molar-refractivity contribution is 5.75. The number of unbranched alkanes of at least 4 members (excludes halogenated alkanes) is 1. The molecule has 1 rings (SSSR count). The Morgan fingerprint density at radius 2 is 2.05 bits per heavy atom. The van der Waals surface area contributed by atoms with Gasteiger partial charge in [-0.3, -0.25) is 0 Å². The van der Waals surface area contributed by atoms with E-state index in [1.54, 1.807) is 26.7 Å². The van der Waals surface area contributed by atoms with Crippen molar-refractivity contribution in [2.45, 2.75) is 64.1 Å². The minimum Gasteiger partial charge on any atom is -0.379 e.